The summed E-state index contributed by atoms with van der Waals surface area (Å²) in [6.45, 7) is 0. The minimum Gasteiger partial charge on any atom is -0.384 e. The van der Waals surface area contributed by atoms with Gasteiger partial charge in [-0.25, -0.2) is 4.39 Å². The highest BCUT2D eigenvalue weighted by Gasteiger charge is 2.18. The zero-order valence-corrected chi connectivity index (χ0v) is 11.3. The van der Waals surface area contributed by atoms with Crippen LogP contribution in [0.3, 0.4) is 0 Å². The largest absolute Gasteiger partial charge is 0.384 e. The number of rotatable bonds is 2. The van der Waals surface area contributed by atoms with Crippen molar-refractivity contribution in [1.82, 2.24) is 0 Å². The van der Waals surface area contributed by atoms with E-state index in [-0.39, 0.29) is 5.02 Å². The van der Waals surface area contributed by atoms with Crippen LogP contribution in [0.1, 0.15) is 17.2 Å². The number of benzene rings is 1. The van der Waals surface area contributed by atoms with E-state index in [2.05, 4.69) is 0 Å². The first-order chi connectivity index (χ1) is 7.99. The lowest BCUT2D eigenvalue weighted by Crippen LogP contribution is -1.99. The fourth-order valence-corrected chi connectivity index (χ4v) is 3.04. The zero-order valence-electron chi connectivity index (χ0n) is 8.25. The Balaban J connectivity index is 2.40. The van der Waals surface area contributed by atoms with Crippen LogP contribution in [0, 0.1) is 5.82 Å². The number of aliphatic hydroxyl groups excluding tert-OH is 1. The van der Waals surface area contributed by atoms with Crippen LogP contribution in [0.5, 0.6) is 0 Å². The molecule has 0 aliphatic rings. The van der Waals surface area contributed by atoms with Crippen LogP contribution < -0.4 is 0 Å². The van der Waals surface area contributed by atoms with Gasteiger partial charge in [-0.05, 0) is 23.8 Å². The molecule has 1 unspecified atom stereocenters. The van der Waals surface area contributed by atoms with Crippen LogP contribution in [0.4, 0.5) is 4.39 Å². The topological polar surface area (TPSA) is 20.2 Å². The van der Waals surface area contributed by atoms with Crippen LogP contribution in [-0.2, 0) is 0 Å². The van der Waals surface area contributed by atoms with E-state index in [9.17, 15) is 9.50 Å². The third-order valence-corrected chi connectivity index (χ3v) is 4.06. The number of hydrogen-bond acceptors (Lipinski definition) is 2. The summed E-state index contributed by atoms with van der Waals surface area (Å²) in [7, 11) is 0. The second-order valence-corrected chi connectivity index (χ2v) is 6.05. The van der Waals surface area contributed by atoms with Crippen molar-refractivity contribution in [3.8, 4) is 0 Å². The van der Waals surface area contributed by atoms with Gasteiger partial charge in [0.1, 0.15) is 16.3 Å². The molecule has 1 aromatic heterocycles. The van der Waals surface area contributed by atoms with Crippen molar-refractivity contribution in [3.63, 3.8) is 0 Å². The average molecular weight is 312 g/mol. The highest BCUT2D eigenvalue weighted by molar-refractivity contribution is 7.20. The SMILES string of the molecule is OC(c1ccc(Cl)c(F)c1)c1cc(Cl)sc1Cl. The lowest BCUT2D eigenvalue weighted by molar-refractivity contribution is 0.220. The predicted molar refractivity (Wildman–Crippen MR) is 69.8 cm³/mol. The number of thiophene rings is 1. The molecule has 1 aromatic carbocycles. The summed E-state index contributed by atoms with van der Waals surface area (Å²) in [5.41, 5.74) is 0.839. The molecule has 0 aliphatic heterocycles. The standard InChI is InChI=1S/C11H6Cl3FOS/c12-7-2-1-5(3-8(7)15)10(16)6-4-9(13)17-11(6)14/h1-4,10,16H. The first-order valence-electron chi connectivity index (χ1n) is 4.57. The normalized spacial score (nSPS) is 12.8. The highest BCUT2D eigenvalue weighted by atomic mass is 35.5. The van der Waals surface area contributed by atoms with Gasteiger partial charge >= 0.3 is 0 Å². The van der Waals surface area contributed by atoms with Crippen LogP contribution >= 0.6 is 46.1 Å². The number of aliphatic hydroxyl groups is 1. The summed E-state index contributed by atoms with van der Waals surface area (Å²) >= 11 is 18.4. The molecule has 2 aromatic rings. The molecule has 2 rings (SSSR count). The van der Waals surface area contributed by atoms with Crippen molar-refractivity contribution in [1.29, 1.82) is 0 Å². The Morgan fingerprint density at radius 2 is 1.88 bits per heavy atom. The molecule has 0 aliphatic carbocycles. The molecular formula is C11H6Cl3FOS. The lowest BCUT2D eigenvalue weighted by Gasteiger charge is -2.10. The lowest BCUT2D eigenvalue weighted by atomic mass is 10.0. The molecule has 17 heavy (non-hydrogen) atoms. The Hall–Kier alpha value is -0.320. The number of hydrogen-bond donors (Lipinski definition) is 1. The van der Waals surface area contributed by atoms with Gasteiger partial charge in [-0.15, -0.1) is 11.3 Å². The van der Waals surface area contributed by atoms with Crippen LogP contribution in [0.25, 0.3) is 0 Å². The molecule has 0 saturated carbocycles. The van der Waals surface area contributed by atoms with Crippen molar-refractivity contribution in [2.24, 2.45) is 0 Å². The van der Waals surface area contributed by atoms with E-state index in [1.807, 2.05) is 0 Å². The van der Waals surface area contributed by atoms with E-state index in [1.54, 1.807) is 6.07 Å². The summed E-state index contributed by atoms with van der Waals surface area (Å²) in [5, 5.41) is 10.1. The van der Waals surface area contributed by atoms with Crippen LogP contribution in [-0.4, -0.2) is 5.11 Å². The molecule has 0 bridgehead atoms. The van der Waals surface area contributed by atoms with Gasteiger partial charge in [-0.2, -0.15) is 0 Å². The van der Waals surface area contributed by atoms with E-state index in [0.29, 0.717) is 19.8 Å². The quantitative estimate of drug-likeness (QED) is 0.834. The zero-order chi connectivity index (χ0) is 12.6. The van der Waals surface area contributed by atoms with Gasteiger partial charge in [0.2, 0.25) is 0 Å². The van der Waals surface area contributed by atoms with Crippen molar-refractivity contribution in [2.75, 3.05) is 0 Å². The Morgan fingerprint density at radius 3 is 2.41 bits per heavy atom. The maximum Gasteiger partial charge on any atom is 0.142 e. The summed E-state index contributed by atoms with van der Waals surface area (Å²) in [5.74, 6) is -0.583. The maximum absolute atomic E-state index is 13.3. The molecule has 0 saturated heterocycles. The fourth-order valence-electron chi connectivity index (χ4n) is 1.40. The summed E-state index contributed by atoms with van der Waals surface area (Å²) in [6, 6.07) is 5.66. The third-order valence-electron chi connectivity index (χ3n) is 2.24. The summed E-state index contributed by atoms with van der Waals surface area (Å²) < 4.78 is 14.1. The van der Waals surface area contributed by atoms with Crippen molar-refractivity contribution in [3.05, 3.63) is 54.9 Å². The van der Waals surface area contributed by atoms with Gasteiger partial charge in [0.15, 0.2) is 0 Å². The molecule has 1 N–H and O–H groups in total. The van der Waals surface area contributed by atoms with E-state index < -0.39 is 11.9 Å². The monoisotopic (exact) mass is 310 g/mol. The van der Waals surface area contributed by atoms with Crippen LogP contribution in [0.15, 0.2) is 24.3 Å². The second kappa shape index (κ2) is 5.12. The van der Waals surface area contributed by atoms with Crippen molar-refractivity contribution < 1.29 is 9.50 Å². The van der Waals surface area contributed by atoms with Crippen molar-refractivity contribution in [2.45, 2.75) is 6.10 Å². The second-order valence-electron chi connectivity index (χ2n) is 3.36. The summed E-state index contributed by atoms with van der Waals surface area (Å²) in [4.78, 5) is 0. The highest BCUT2D eigenvalue weighted by Crippen LogP contribution is 2.37. The van der Waals surface area contributed by atoms with Crippen molar-refractivity contribution >= 4 is 46.1 Å². The summed E-state index contributed by atoms with van der Waals surface area (Å²) in [6.07, 6.45) is -1.02. The Bertz CT molecular complexity index is 556. The third kappa shape index (κ3) is 2.75. The van der Waals surface area contributed by atoms with E-state index >= 15 is 0 Å². The Kier molecular flexibility index (Phi) is 3.95. The van der Waals surface area contributed by atoms with E-state index in [4.69, 9.17) is 34.8 Å². The molecular weight excluding hydrogens is 306 g/mol. The predicted octanol–water partition coefficient (Wildman–Crippen LogP) is 4.93. The van der Waals surface area contributed by atoms with Crippen LogP contribution in [0.2, 0.25) is 13.7 Å². The molecule has 0 spiro atoms. The minimum atomic E-state index is -1.02. The van der Waals surface area contributed by atoms with Gasteiger partial charge in [0, 0.05) is 5.56 Å². The molecule has 0 radical (unpaired) electrons. The minimum absolute atomic E-state index is 0.00963. The van der Waals surface area contributed by atoms with Gasteiger partial charge in [0.25, 0.3) is 0 Å². The molecule has 6 heteroatoms. The van der Waals surface area contributed by atoms with Gasteiger partial charge in [-0.3, -0.25) is 0 Å². The first-order valence-corrected chi connectivity index (χ1v) is 6.52. The molecule has 0 fully saturated rings. The first kappa shape index (κ1) is 13.1. The smallest absolute Gasteiger partial charge is 0.142 e. The molecule has 1 nitrogen and oxygen atoms in total. The molecule has 0 amide bonds. The average Bonchev–Trinajstić information content (AvgIpc) is 2.61. The molecule has 90 valence electrons. The van der Waals surface area contributed by atoms with E-state index in [1.165, 1.54) is 18.2 Å². The molecule has 1 heterocycles. The van der Waals surface area contributed by atoms with Gasteiger partial charge in [-0.1, -0.05) is 40.9 Å². The van der Waals surface area contributed by atoms with Gasteiger partial charge < -0.3 is 5.11 Å². The molecule has 1 atom stereocenters. The fraction of sp³-hybridized carbons (Fsp3) is 0.0909. The Labute approximate surface area is 116 Å². The Morgan fingerprint density at radius 1 is 1.18 bits per heavy atom. The van der Waals surface area contributed by atoms with Gasteiger partial charge in [0.05, 0.1) is 9.36 Å². The number of halogens is 4. The maximum atomic E-state index is 13.3. The van der Waals surface area contributed by atoms with E-state index in [0.717, 1.165) is 11.3 Å².